The number of tetrazole rings is 1. The number of nitrogens with one attached hydrogen (secondary N) is 1. The smallest absolute Gasteiger partial charge is 0.253 e. The molecule has 0 atom stereocenters. The summed E-state index contributed by atoms with van der Waals surface area (Å²) in [6.45, 7) is 0.924. The lowest BCUT2D eigenvalue weighted by atomic mass is 9.95. The minimum Gasteiger partial charge on any atom is -0.350 e. The van der Waals surface area contributed by atoms with Crippen LogP contribution in [-0.4, -0.2) is 57.6 Å². The highest BCUT2D eigenvalue weighted by molar-refractivity contribution is 6.03. The summed E-state index contributed by atoms with van der Waals surface area (Å²) in [4.78, 5) is 26.4. The largest absolute Gasteiger partial charge is 0.350 e. The predicted octanol–water partition coefficient (Wildman–Crippen LogP) is 2.63. The van der Waals surface area contributed by atoms with Gasteiger partial charge in [-0.25, -0.2) is 4.68 Å². The number of carbonyl (C=O) groups is 2. The summed E-state index contributed by atoms with van der Waals surface area (Å²) in [5, 5.41) is 15.8. The zero-order valence-electron chi connectivity index (χ0n) is 17.3. The van der Waals surface area contributed by atoms with Crippen LogP contribution in [0.25, 0.3) is 21.9 Å². The Morgan fingerprint density at radius 3 is 2.61 bits per heavy atom. The number of hydrogen-bond acceptors (Lipinski definition) is 5. The van der Waals surface area contributed by atoms with Crippen molar-refractivity contribution in [1.29, 1.82) is 0 Å². The number of aromatic nitrogens is 4. The first-order valence-corrected chi connectivity index (χ1v) is 9.87. The summed E-state index contributed by atoms with van der Waals surface area (Å²) in [6, 6.07) is 19.2. The average Bonchev–Trinajstić information content (AvgIpc) is 3.31. The highest BCUT2D eigenvalue weighted by Crippen LogP contribution is 2.30. The van der Waals surface area contributed by atoms with E-state index in [9.17, 15) is 9.59 Å². The molecule has 1 heterocycles. The molecule has 0 aliphatic carbocycles. The van der Waals surface area contributed by atoms with Crippen LogP contribution in [0, 0.1) is 0 Å². The van der Waals surface area contributed by atoms with E-state index in [-0.39, 0.29) is 11.8 Å². The molecule has 3 aromatic carbocycles. The number of fused-ring (bicyclic) bond motifs is 1. The van der Waals surface area contributed by atoms with Gasteiger partial charge >= 0.3 is 0 Å². The summed E-state index contributed by atoms with van der Waals surface area (Å²) in [7, 11) is 3.48. The number of amides is 2. The maximum absolute atomic E-state index is 12.5. The Labute approximate surface area is 179 Å². The van der Waals surface area contributed by atoms with Crippen LogP contribution in [0.2, 0.25) is 0 Å². The molecule has 8 nitrogen and oxygen atoms in total. The SMILES string of the molecule is CN(C)C(=O)c1cccc(-c2cccc3cc(C(=O)NCCn4cnnn4)ccc23)c1. The number of carbonyl (C=O) groups excluding carboxylic acids is 2. The van der Waals surface area contributed by atoms with E-state index in [2.05, 4.69) is 20.8 Å². The molecule has 0 spiro atoms. The lowest BCUT2D eigenvalue weighted by molar-refractivity contribution is 0.0827. The molecule has 0 saturated carbocycles. The fourth-order valence-electron chi connectivity index (χ4n) is 3.42. The maximum atomic E-state index is 12.5. The second-order valence-electron chi connectivity index (χ2n) is 7.35. The van der Waals surface area contributed by atoms with Gasteiger partial charge < -0.3 is 10.2 Å². The summed E-state index contributed by atoms with van der Waals surface area (Å²) < 4.78 is 1.56. The fourth-order valence-corrected chi connectivity index (χ4v) is 3.42. The monoisotopic (exact) mass is 414 g/mol. The van der Waals surface area contributed by atoms with Crippen molar-refractivity contribution in [1.82, 2.24) is 30.4 Å². The normalized spacial score (nSPS) is 10.8. The van der Waals surface area contributed by atoms with E-state index < -0.39 is 0 Å². The van der Waals surface area contributed by atoms with Gasteiger partial charge in [-0.1, -0.05) is 36.4 Å². The Morgan fingerprint density at radius 2 is 1.84 bits per heavy atom. The molecule has 1 N–H and O–H groups in total. The second kappa shape index (κ2) is 8.74. The Bertz CT molecular complexity index is 1230. The number of rotatable bonds is 6. The van der Waals surface area contributed by atoms with Gasteiger partial charge in [-0.2, -0.15) is 0 Å². The molecule has 0 unspecified atom stereocenters. The summed E-state index contributed by atoms with van der Waals surface area (Å²) in [5.74, 6) is -0.193. The maximum Gasteiger partial charge on any atom is 0.253 e. The molecule has 0 aliphatic heterocycles. The van der Waals surface area contributed by atoms with Crippen molar-refractivity contribution in [3.63, 3.8) is 0 Å². The Morgan fingerprint density at radius 1 is 1.00 bits per heavy atom. The number of benzene rings is 3. The molecule has 1 aromatic heterocycles. The van der Waals surface area contributed by atoms with Gasteiger partial charge in [0, 0.05) is 31.8 Å². The third-order valence-corrected chi connectivity index (χ3v) is 4.99. The van der Waals surface area contributed by atoms with Crippen LogP contribution < -0.4 is 5.32 Å². The van der Waals surface area contributed by atoms with Gasteiger partial charge in [0.25, 0.3) is 11.8 Å². The van der Waals surface area contributed by atoms with Crippen molar-refractivity contribution in [2.45, 2.75) is 6.54 Å². The molecule has 0 saturated heterocycles. The molecule has 4 aromatic rings. The van der Waals surface area contributed by atoms with Gasteiger partial charge in [-0.05, 0) is 56.6 Å². The van der Waals surface area contributed by atoms with E-state index in [0.29, 0.717) is 24.2 Å². The van der Waals surface area contributed by atoms with Gasteiger partial charge in [0.05, 0.1) is 6.54 Å². The Balaban J connectivity index is 1.58. The van der Waals surface area contributed by atoms with Crippen LogP contribution in [0.4, 0.5) is 0 Å². The van der Waals surface area contributed by atoms with E-state index in [0.717, 1.165) is 21.9 Å². The summed E-state index contributed by atoms with van der Waals surface area (Å²) in [6.07, 6.45) is 1.50. The molecule has 31 heavy (non-hydrogen) atoms. The molecule has 2 amide bonds. The van der Waals surface area contributed by atoms with Crippen molar-refractivity contribution in [3.8, 4) is 11.1 Å². The minimum absolute atomic E-state index is 0.0391. The Hall–Kier alpha value is -4.07. The second-order valence-corrected chi connectivity index (χ2v) is 7.35. The molecule has 0 bridgehead atoms. The van der Waals surface area contributed by atoms with E-state index in [1.807, 2.05) is 60.7 Å². The standard InChI is InChI=1S/C23H22N6O2/c1-28(2)23(31)19-7-3-5-17(14-19)20-8-4-6-16-13-18(9-10-21(16)20)22(30)24-11-12-29-15-25-26-27-29/h3-10,13-15H,11-12H2,1-2H3,(H,24,30). The van der Waals surface area contributed by atoms with Gasteiger partial charge in [-0.15, -0.1) is 5.10 Å². The van der Waals surface area contributed by atoms with Crippen molar-refractivity contribution >= 4 is 22.6 Å². The highest BCUT2D eigenvalue weighted by Gasteiger charge is 2.12. The van der Waals surface area contributed by atoms with Crippen LogP contribution in [0.1, 0.15) is 20.7 Å². The first-order valence-electron chi connectivity index (χ1n) is 9.87. The lowest BCUT2D eigenvalue weighted by Crippen LogP contribution is -2.27. The first-order chi connectivity index (χ1) is 15.0. The van der Waals surface area contributed by atoms with Crippen LogP contribution in [0.3, 0.4) is 0 Å². The van der Waals surface area contributed by atoms with Crippen molar-refractivity contribution in [2.75, 3.05) is 20.6 Å². The quantitative estimate of drug-likeness (QED) is 0.524. The molecule has 0 aliphatic rings. The summed E-state index contributed by atoms with van der Waals surface area (Å²) in [5.41, 5.74) is 3.18. The molecule has 0 fully saturated rings. The lowest BCUT2D eigenvalue weighted by Gasteiger charge is -2.13. The molecular formula is C23H22N6O2. The van der Waals surface area contributed by atoms with Gasteiger partial charge in [0.15, 0.2) is 0 Å². The predicted molar refractivity (Wildman–Crippen MR) is 118 cm³/mol. The van der Waals surface area contributed by atoms with Crippen LogP contribution in [-0.2, 0) is 6.54 Å². The molecule has 8 heteroatoms. The van der Waals surface area contributed by atoms with Crippen molar-refractivity contribution < 1.29 is 9.59 Å². The van der Waals surface area contributed by atoms with Crippen molar-refractivity contribution in [3.05, 3.63) is 78.1 Å². The van der Waals surface area contributed by atoms with Crippen molar-refractivity contribution in [2.24, 2.45) is 0 Å². The van der Waals surface area contributed by atoms with E-state index in [1.165, 1.54) is 6.33 Å². The number of hydrogen-bond donors (Lipinski definition) is 1. The molecule has 4 rings (SSSR count). The first kappa shape index (κ1) is 20.2. The Kier molecular flexibility index (Phi) is 5.70. The molecular weight excluding hydrogens is 392 g/mol. The molecule has 0 radical (unpaired) electrons. The van der Waals surface area contributed by atoms with Gasteiger partial charge in [0.1, 0.15) is 6.33 Å². The third-order valence-electron chi connectivity index (χ3n) is 4.99. The van der Waals surface area contributed by atoms with Crippen LogP contribution in [0.15, 0.2) is 67.0 Å². The zero-order chi connectivity index (χ0) is 21.8. The zero-order valence-corrected chi connectivity index (χ0v) is 17.3. The van der Waals surface area contributed by atoms with Gasteiger partial charge in [0.2, 0.25) is 0 Å². The third kappa shape index (κ3) is 4.42. The summed E-state index contributed by atoms with van der Waals surface area (Å²) >= 11 is 0. The van der Waals surface area contributed by atoms with Crippen LogP contribution >= 0.6 is 0 Å². The topological polar surface area (TPSA) is 93.0 Å². The van der Waals surface area contributed by atoms with Crippen LogP contribution in [0.5, 0.6) is 0 Å². The minimum atomic E-state index is -0.154. The highest BCUT2D eigenvalue weighted by atomic mass is 16.2. The van der Waals surface area contributed by atoms with Gasteiger partial charge in [-0.3, -0.25) is 9.59 Å². The fraction of sp³-hybridized carbons (Fsp3) is 0.174. The van der Waals surface area contributed by atoms with E-state index >= 15 is 0 Å². The molecule has 156 valence electrons. The average molecular weight is 414 g/mol. The van der Waals surface area contributed by atoms with E-state index in [1.54, 1.807) is 23.7 Å². The number of nitrogens with zero attached hydrogens (tertiary/aromatic N) is 5. The van der Waals surface area contributed by atoms with E-state index in [4.69, 9.17) is 0 Å².